The number of benzene rings is 1. The first-order valence-electron chi connectivity index (χ1n) is 7.34. The summed E-state index contributed by atoms with van der Waals surface area (Å²) in [7, 11) is 0. The number of hydrogen-bond acceptors (Lipinski definition) is 1. The molecule has 2 heteroatoms. The highest BCUT2D eigenvalue weighted by molar-refractivity contribution is 5.79. The summed E-state index contributed by atoms with van der Waals surface area (Å²) in [6.45, 7) is 11.3. The molecule has 0 amide bonds. The van der Waals surface area contributed by atoms with Crippen molar-refractivity contribution in [1.82, 2.24) is 10.3 Å². The van der Waals surface area contributed by atoms with E-state index in [-0.39, 0.29) is 0 Å². The van der Waals surface area contributed by atoms with Crippen LogP contribution in [-0.4, -0.2) is 11.5 Å². The number of rotatable bonds is 6. The summed E-state index contributed by atoms with van der Waals surface area (Å²) in [6, 6.07) is 8.75. The lowest BCUT2D eigenvalue weighted by Gasteiger charge is -2.25. The van der Waals surface area contributed by atoms with Gasteiger partial charge in [-0.25, -0.2) is 0 Å². The predicted octanol–water partition coefficient (Wildman–Crippen LogP) is 4.19. The number of H-pyrrole nitrogens is 1. The van der Waals surface area contributed by atoms with Crippen molar-refractivity contribution in [3.05, 3.63) is 36.0 Å². The van der Waals surface area contributed by atoms with E-state index in [1.54, 1.807) is 0 Å². The Balaban J connectivity index is 1.91. The minimum Gasteiger partial charge on any atom is -0.361 e. The van der Waals surface area contributed by atoms with E-state index in [1.165, 1.54) is 16.5 Å². The number of aromatic nitrogens is 1. The van der Waals surface area contributed by atoms with Gasteiger partial charge in [-0.05, 0) is 47.4 Å². The number of hydrogen-bond donors (Lipinski definition) is 2. The topological polar surface area (TPSA) is 27.8 Å². The van der Waals surface area contributed by atoms with Gasteiger partial charge in [-0.2, -0.15) is 0 Å². The fraction of sp³-hybridized carbons (Fsp3) is 0.529. The van der Waals surface area contributed by atoms with E-state index in [4.69, 9.17) is 0 Å². The van der Waals surface area contributed by atoms with Crippen LogP contribution >= 0.6 is 0 Å². The lowest BCUT2D eigenvalue weighted by Crippen LogP contribution is -2.29. The third kappa shape index (κ3) is 3.60. The molecule has 0 aliphatic rings. The maximum Gasteiger partial charge on any atom is 0.0457 e. The van der Waals surface area contributed by atoms with Crippen molar-refractivity contribution >= 4 is 10.9 Å². The van der Waals surface area contributed by atoms with Gasteiger partial charge in [-0.1, -0.05) is 39.8 Å². The molecule has 1 aromatic heterocycles. The van der Waals surface area contributed by atoms with Crippen molar-refractivity contribution < 1.29 is 0 Å². The van der Waals surface area contributed by atoms with Gasteiger partial charge in [0.05, 0.1) is 0 Å². The smallest absolute Gasteiger partial charge is 0.0457 e. The third-order valence-electron chi connectivity index (χ3n) is 4.04. The van der Waals surface area contributed by atoms with Crippen LogP contribution in [0, 0.1) is 17.8 Å². The number of fused-ring (bicyclic) bond motifs is 1. The Labute approximate surface area is 116 Å². The summed E-state index contributed by atoms with van der Waals surface area (Å²) in [5.74, 6) is 2.21. The number of nitrogens with one attached hydrogen (secondary N) is 2. The Hall–Kier alpha value is -1.28. The minimum atomic E-state index is 0.735. The predicted molar refractivity (Wildman–Crippen MR) is 83.2 cm³/mol. The fourth-order valence-corrected chi connectivity index (χ4v) is 2.83. The molecule has 0 fully saturated rings. The second-order valence-electron chi connectivity index (χ2n) is 6.18. The standard InChI is InChI=1S/C17H26N2/c1-12(2)16(13(3)4)11-18-10-14-5-6-15-7-8-19-17(15)9-14/h5-9,12-13,16,18-19H,10-11H2,1-4H3. The molecular formula is C17H26N2. The molecule has 19 heavy (non-hydrogen) atoms. The molecule has 104 valence electrons. The first-order valence-corrected chi connectivity index (χ1v) is 7.34. The van der Waals surface area contributed by atoms with E-state index in [1.807, 2.05) is 6.20 Å². The highest BCUT2D eigenvalue weighted by Gasteiger charge is 2.16. The quantitative estimate of drug-likeness (QED) is 0.799. The molecule has 1 heterocycles. The van der Waals surface area contributed by atoms with Crippen molar-refractivity contribution in [3.8, 4) is 0 Å². The zero-order valence-corrected chi connectivity index (χ0v) is 12.5. The third-order valence-corrected chi connectivity index (χ3v) is 4.04. The normalized spacial score (nSPS) is 12.2. The zero-order valence-electron chi connectivity index (χ0n) is 12.5. The first kappa shape index (κ1) is 14.1. The summed E-state index contributed by atoms with van der Waals surface area (Å²) in [4.78, 5) is 3.27. The second-order valence-corrected chi connectivity index (χ2v) is 6.18. The van der Waals surface area contributed by atoms with Gasteiger partial charge in [0.1, 0.15) is 0 Å². The molecule has 0 saturated heterocycles. The molecular weight excluding hydrogens is 232 g/mol. The lowest BCUT2D eigenvalue weighted by molar-refractivity contribution is 0.275. The zero-order chi connectivity index (χ0) is 13.8. The van der Waals surface area contributed by atoms with Gasteiger partial charge in [-0.15, -0.1) is 0 Å². The Morgan fingerprint density at radius 3 is 2.47 bits per heavy atom. The molecule has 0 aliphatic heterocycles. The van der Waals surface area contributed by atoms with Crippen molar-refractivity contribution in [1.29, 1.82) is 0 Å². The van der Waals surface area contributed by atoms with E-state index in [9.17, 15) is 0 Å². The van der Waals surface area contributed by atoms with Crippen LogP contribution in [0.15, 0.2) is 30.5 Å². The molecule has 0 radical (unpaired) electrons. The van der Waals surface area contributed by atoms with Crippen LogP contribution in [0.25, 0.3) is 10.9 Å². The van der Waals surface area contributed by atoms with E-state index < -0.39 is 0 Å². The maximum atomic E-state index is 3.61. The molecule has 2 rings (SSSR count). The van der Waals surface area contributed by atoms with Crippen molar-refractivity contribution in [2.75, 3.05) is 6.54 Å². The first-order chi connectivity index (χ1) is 9.08. The molecule has 2 nitrogen and oxygen atoms in total. The lowest BCUT2D eigenvalue weighted by atomic mass is 9.85. The Kier molecular flexibility index (Phi) is 4.65. The van der Waals surface area contributed by atoms with E-state index >= 15 is 0 Å². The van der Waals surface area contributed by atoms with Crippen LogP contribution in [0.4, 0.5) is 0 Å². The van der Waals surface area contributed by atoms with Crippen LogP contribution in [0.5, 0.6) is 0 Å². The molecule has 0 atom stereocenters. The highest BCUT2D eigenvalue weighted by Crippen LogP contribution is 2.20. The summed E-state index contributed by atoms with van der Waals surface area (Å²) >= 11 is 0. The van der Waals surface area contributed by atoms with E-state index in [0.717, 1.165) is 30.8 Å². The van der Waals surface area contributed by atoms with Crippen molar-refractivity contribution in [3.63, 3.8) is 0 Å². The average Bonchev–Trinajstić information content (AvgIpc) is 2.80. The Morgan fingerprint density at radius 1 is 1.05 bits per heavy atom. The van der Waals surface area contributed by atoms with Gasteiger partial charge in [0.15, 0.2) is 0 Å². The van der Waals surface area contributed by atoms with Gasteiger partial charge in [0, 0.05) is 18.3 Å². The fourth-order valence-electron chi connectivity index (χ4n) is 2.83. The maximum absolute atomic E-state index is 3.61. The summed E-state index contributed by atoms with van der Waals surface area (Å²) < 4.78 is 0. The van der Waals surface area contributed by atoms with Gasteiger partial charge in [0.2, 0.25) is 0 Å². The largest absolute Gasteiger partial charge is 0.361 e. The SMILES string of the molecule is CC(C)C(CNCc1ccc2cc[nH]c2c1)C(C)C. The molecule has 2 aromatic rings. The van der Waals surface area contributed by atoms with E-state index in [2.05, 4.69) is 62.3 Å². The molecule has 0 bridgehead atoms. The van der Waals surface area contributed by atoms with Crippen LogP contribution in [0.1, 0.15) is 33.3 Å². The van der Waals surface area contributed by atoms with Crippen LogP contribution < -0.4 is 5.32 Å². The van der Waals surface area contributed by atoms with Crippen LogP contribution in [0.3, 0.4) is 0 Å². The van der Waals surface area contributed by atoms with Gasteiger partial charge < -0.3 is 10.3 Å². The van der Waals surface area contributed by atoms with Crippen LogP contribution in [0.2, 0.25) is 0 Å². The van der Waals surface area contributed by atoms with Gasteiger partial charge in [0.25, 0.3) is 0 Å². The molecule has 0 saturated carbocycles. The molecule has 0 spiro atoms. The average molecular weight is 258 g/mol. The van der Waals surface area contributed by atoms with Crippen LogP contribution in [-0.2, 0) is 6.54 Å². The minimum absolute atomic E-state index is 0.735. The summed E-state index contributed by atoms with van der Waals surface area (Å²) in [5, 5.41) is 4.89. The Morgan fingerprint density at radius 2 is 1.79 bits per heavy atom. The van der Waals surface area contributed by atoms with Gasteiger partial charge >= 0.3 is 0 Å². The highest BCUT2D eigenvalue weighted by atomic mass is 14.9. The van der Waals surface area contributed by atoms with Gasteiger partial charge in [-0.3, -0.25) is 0 Å². The summed E-state index contributed by atoms with van der Waals surface area (Å²) in [5.41, 5.74) is 2.57. The van der Waals surface area contributed by atoms with Crippen molar-refractivity contribution in [2.24, 2.45) is 17.8 Å². The Bertz CT molecular complexity index is 503. The number of aromatic amines is 1. The monoisotopic (exact) mass is 258 g/mol. The molecule has 0 aliphatic carbocycles. The molecule has 0 unspecified atom stereocenters. The summed E-state index contributed by atoms with van der Waals surface area (Å²) in [6.07, 6.45) is 2.00. The second kappa shape index (κ2) is 6.25. The van der Waals surface area contributed by atoms with E-state index in [0.29, 0.717) is 0 Å². The molecule has 2 N–H and O–H groups in total. The van der Waals surface area contributed by atoms with Crippen molar-refractivity contribution in [2.45, 2.75) is 34.2 Å². The molecule has 1 aromatic carbocycles.